The number of rotatable bonds is 2. The van der Waals surface area contributed by atoms with Gasteiger partial charge in [-0.3, -0.25) is 0 Å². The number of hydrogen-bond donors (Lipinski definition) is 0. The summed E-state index contributed by atoms with van der Waals surface area (Å²) in [5, 5.41) is 10.2. The van der Waals surface area contributed by atoms with Crippen LogP contribution >= 0.6 is 11.3 Å². The topological polar surface area (TPSA) is 39.9 Å². The first kappa shape index (κ1) is 12.4. The van der Waals surface area contributed by atoms with E-state index in [0.29, 0.717) is 5.92 Å². The fourth-order valence-electron chi connectivity index (χ4n) is 2.19. The van der Waals surface area contributed by atoms with Crippen LogP contribution in [0.3, 0.4) is 0 Å². The molecule has 0 aromatic carbocycles. The Hall–Kier alpha value is -1.08. The summed E-state index contributed by atoms with van der Waals surface area (Å²) < 4.78 is 0. The van der Waals surface area contributed by atoms with Crippen molar-refractivity contribution in [3.05, 3.63) is 10.6 Å². The van der Waals surface area contributed by atoms with E-state index in [4.69, 9.17) is 5.26 Å². The molecule has 2 heterocycles. The van der Waals surface area contributed by atoms with Crippen LogP contribution in [-0.2, 0) is 0 Å². The van der Waals surface area contributed by atoms with Crippen LogP contribution in [0.2, 0.25) is 0 Å². The van der Waals surface area contributed by atoms with Crippen molar-refractivity contribution in [2.24, 2.45) is 0 Å². The highest BCUT2D eigenvalue weighted by Gasteiger charge is 2.18. The Morgan fingerprint density at radius 1 is 1.24 bits per heavy atom. The predicted molar refractivity (Wildman–Crippen MR) is 71.6 cm³/mol. The number of nitriles is 1. The average Bonchev–Trinajstić information content (AvgIpc) is 2.57. The molecule has 1 aliphatic rings. The van der Waals surface area contributed by atoms with Crippen molar-refractivity contribution in [1.82, 2.24) is 4.98 Å². The normalized spacial score (nSPS) is 16.9. The van der Waals surface area contributed by atoms with E-state index < -0.39 is 0 Å². The maximum atomic E-state index is 9.14. The lowest BCUT2D eigenvalue weighted by molar-refractivity contribution is 0.726. The van der Waals surface area contributed by atoms with Crippen molar-refractivity contribution >= 4 is 16.5 Å². The van der Waals surface area contributed by atoms with Gasteiger partial charge in [-0.2, -0.15) is 5.26 Å². The van der Waals surface area contributed by atoms with E-state index in [1.54, 1.807) is 11.3 Å². The molecule has 3 nitrogen and oxygen atoms in total. The smallest absolute Gasteiger partial charge is 0.186 e. The lowest BCUT2D eigenvalue weighted by atomic mass is 10.1. The molecule has 0 bridgehead atoms. The number of hydrogen-bond acceptors (Lipinski definition) is 4. The third-order valence-electron chi connectivity index (χ3n) is 3.17. The van der Waals surface area contributed by atoms with E-state index in [1.165, 1.54) is 25.7 Å². The Bertz CT molecular complexity index is 409. The summed E-state index contributed by atoms with van der Waals surface area (Å²) in [5.74, 6) is 0.335. The second-order valence-corrected chi connectivity index (χ2v) is 5.86. The molecular formula is C13H19N3S. The molecule has 2 rings (SSSR count). The molecule has 4 heteroatoms. The van der Waals surface area contributed by atoms with Crippen molar-refractivity contribution in [3.8, 4) is 6.07 Å². The SMILES string of the molecule is CC(C)c1nc(N2CCCCCC2)sc1C#N. The summed E-state index contributed by atoms with van der Waals surface area (Å²) in [6, 6.07) is 2.28. The first-order chi connectivity index (χ1) is 8.22. The van der Waals surface area contributed by atoms with Gasteiger partial charge in [0.25, 0.3) is 0 Å². The third kappa shape index (κ3) is 2.78. The highest BCUT2D eigenvalue weighted by Crippen LogP contribution is 2.31. The lowest BCUT2D eigenvalue weighted by Gasteiger charge is -2.18. The largest absolute Gasteiger partial charge is 0.348 e. The molecule has 0 N–H and O–H groups in total. The van der Waals surface area contributed by atoms with Gasteiger partial charge in [-0.05, 0) is 18.8 Å². The van der Waals surface area contributed by atoms with Crippen LogP contribution in [0.5, 0.6) is 0 Å². The van der Waals surface area contributed by atoms with Gasteiger partial charge in [-0.1, -0.05) is 38.0 Å². The van der Waals surface area contributed by atoms with Crippen LogP contribution in [-0.4, -0.2) is 18.1 Å². The summed E-state index contributed by atoms with van der Waals surface area (Å²) in [7, 11) is 0. The number of thiazole rings is 1. The summed E-state index contributed by atoms with van der Waals surface area (Å²) in [6.07, 6.45) is 5.14. The fourth-order valence-corrected chi connectivity index (χ4v) is 3.26. The van der Waals surface area contributed by atoms with Crippen LogP contribution in [0, 0.1) is 11.3 Å². The summed E-state index contributed by atoms with van der Waals surface area (Å²) in [5.41, 5.74) is 0.969. The maximum Gasteiger partial charge on any atom is 0.186 e. The van der Waals surface area contributed by atoms with Gasteiger partial charge in [0.05, 0.1) is 5.69 Å². The number of nitrogens with zero attached hydrogens (tertiary/aromatic N) is 3. The van der Waals surface area contributed by atoms with Crippen molar-refractivity contribution in [2.45, 2.75) is 45.4 Å². The molecule has 0 atom stereocenters. The van der Waals surface area contributed by atoms with E-state index in [1.807, 2.05) is 0 Å². The monoisotopic (exact) mass is 249 g/mol. The second-order valence-electron chi connectivity index (χ2n) is 4.88. The van der Waals surface area contributed by atoms with Gasteiger partial charge in [0.15, 0.2) is 5.13 Å². The Kier molecular flexibility index (Phi) is 4.01. The molecule has 17 heavy (non-hydrogen) atoms. The molecule has 1 saturated heterocycles. The molecule has 1 aromatic rings. The zero-order chi connectivity index (χ0) is 12.3. The lowest BCUT2D eigenvalue weighted by Crippen LogP contribution is -2.23. The highest BCUT2D eigenvalue weighted by atomic mass is 32.1. The maximum absolute atomic E-state index is 9.14. The van der Waals surface area contributed by atoms with Gasteiger partial charge in [0, 0.05) is 13.1 Å². The van der Waals surface area contributed by atoms with Crippen molar-refractivity contribution in [3.63, 3.8) is 0 Å². The van der Waals surface area contributed by atoms with Crippen LogP contribution < -0.4 is 4.90 Å². The summed E-state index contributed by atoms with van der Waals surface area (Å²) >= 11 is 1.56. The average molecular weight is 249 g/mol. The molecule has 1 aromatic heterocycles. The van der Waals surface area contributed by atoms with Crippen molar-refractivity contribution < 1.29 is 0 Å². The Morgan fingerprint density at radius 2 is 1.88 bits per heavy atom. The zero-order valence-corrected chi connectivity index (χ0v) is 11.4. The highest BCUT2D eigenvalue weighted by molar-refractivity contribution is 7.16. The fraction of sp³-hybridized carbons (Fsp3) is 0.692. The first-order valence-electron chi connectivity index (χ1n) is 6.38. The predicted octanol–water partition coefficient (Wildman–Crippen LogP) is 3.52. The molecule has 0 spiro atoms. The van der Waals surface area contributed by atoms with Crippen LogP contribution in [0.25, 0.3) is 0 Å². The third-order valence-corrected chi connectivity index (χ3v) is 4.20. The Balaban J connectivity index is 2.23. The van der Waals surface area contributed by atoms with E-state index >= 15 is 0 Å². The van der Waals surface area contributed by atoms with E-state index in [0.717, 1.165) is 28.8 Å². The summed E-state index contributed by atoms with van der Waals surface area (Å²) in [4.78, 5) is 7.81. The molecule has 92 valence electrons. The molecule has 1 fully saturated rings. The zero-order valence-electron chi connectivity index (χ0n) is 10.6. The summed E-state index contributed by atoms with van der Waals surface area (Å²) in [6.45, 7) is 6.38. The minimum absolute atomic E-state index is 0.335. The molecule has 0 unspecified atom stereocenters. The molecule has 0 saturated carbocycles. The second kappa shape index (κ2) is 5.50. The molecule has 1 aliphatic heterocycles. The quantitative estimate of drug-likeness (QED) is 0.805. The van der Waals surface area contributed by atoms with Crippen molar-refractivity contribution in [1.29, 1.82) is 5.26 Å². The molecule has 0 radical (unpaired) electrons. The van der Waals surface area contributed by atoms with Crippen molar-refractivity contribution in [2.75, 3.05) is 18.0 Å². The molecule has 0 amide bonds. The molecule has 0 aliphatic carbocycles. The van der Waals surface area contributed by atoms with Gasteiger partial charge in [-0.25, -0.2) is 4.98 Å². The number of anilines is 1. The van der Waals surface area contributed by atoms with E-state index in [9.17, 15) is 0 Å². The van der Waals surface area contributed by atoms with E-state index in [2.05, 4.69) is 29.8 Å². The van der Waals surface area contributed by atoms with Gasteiger partial charge < -0.3 is 4.90 Å². The van der Waals surface area contributed by atoms with Crippen LogP contribution in [0.1, 0.15) is 56.0 Å². The van der Waals surface area contributed by atoms with Gasteiger partial charge in [0.2, 0.25) is 0 Å². The minimum Gasteiger partial charge on any atom is -0.348 e. The minimum atomic E-state index is 0.335. The Morgan fingerprint density at radius 3 is 2.35 bits per heavy atom. The number of aromatic nitrogens is 1. The van der Waals surface area contributed by atoms with E-state index in [-0.39, 0.29) is 0 Å². The van der Waals surface area contributed by atoms with Crippen LogP contribution in [0.4, 0.5) is 5.13 Å². The first-order valence-corrected chi connectivity index (χ1v) is 7.20. The van der Waals surface area contributed by atoms with Gasteiger partial charge in [0.1, 0.15) is 10.9 Å². The molecular weight excluding hydrogens is 230 g/mol. The van der Waals surface area contributed by atoms with Crippen LogP contribution in [0.15, 0.2) is 0 Å². The Labute approximate surface area is 107 Å². The standard InChI is InChI=1S/C13H19N3S/c1-10(2)12-11(9-14)17-13(15-12)16-7-5-3-4-6-8-16/h10H,3-8H2,1-2H3. The van der Waals surface area contributed by atoms with Gasteiger partial charge >= 0.3 is 0 Å². The van der Waals surface area contributed by atoms with Gasteiger partial charge in [-0.15, -0.1) is 0 Å².